The molecule has 22 heavy (non-hydrogen) atoms. The van der Waals surface area contributed by atoms with Gasteiger partial charge in [-0.3, -0.25) is 0 Å². The minimum absolute atomic E-state index is 0.103. The molecular weight excluding hydrogens is 278 g/mol. The van der Waals surface area contributed by atoms with Crippen LogP contribution >= 0.6 is 0 Å². The highest BCUT2D eigenvalue weighted by molar-refractivity contribution is 5.74. The number of hydrogen-bond acceptors (Lipinski definition) is 3. The molecule has 0 aromatic carbocycles. The van der Waals surface area contributed by atoms with Crippen molar-refractivity contribution < 1.29 is 4.79 Å². The molecule has 1 N–H and O–H groups in total. The molecule has 1 aliphatic heterocycles. The Bertz CT molecular complexity index is 514. The minimum Gasteiger partial charge on any atom is -0.335 e. The van der Waals surface area contributed by atoms with Crippen molar-refractivity contribution in [3.05, 3.63) is 12.2 Å². The summed E-state index contributed by atoms with van der Waals surface area (Å²) in [6.07, 6.45) is 8.61. The highest BCUT2D eigenvalue weighted by atomic mass is 16.2. The van der Waals surface area contributed by atoms with E-state index >= 15 is 0 Å². The smallest absolute Gasteiger partial charge is 0.317 e. The lowest BCUT2D eigenvalue weighted by Gasteiger charge is -2.35. The number of aromatic nitrogens is 3. The van der Waals surface area contributed by atoms with E-state index in [1.165, 1.54) is 12.8 Å². The lowest BCUT2D eigenvalue weighted by Crippen LogP contribution is -2.49. The maximum atomic E-state index is 12.5. The second kappa shape index (κ2) is 6.67. The third kappa shape index (κ3) is 3.42. The van der Waals surface area contributed by atoms with Crippen molar-refractivity contribution in [3.8, 4) is 0 Å². The van der Waals surface area contributed by atoms with Gasteiger partial charge in [0, 0.05) is 32.1 Å². The number of nitrogens with zero attached hydrogens (tertiary/aromatic N) is 4. The van der Waals surface area contributed by atoms with Gasteiger partial charge in [-0.1, -0.05) is 19.8 Å². The molecule has 3 atom stereocenters. The number of amides is 2. The molecule has 0 spiro atoms. The zero-order chi connectivity index (χ0) is 15.5. The van der Waals surface area contributed by atoms with Crippen LogP contribution in [0.25, 0.3) is 0 Å². The van der Waals surface area contributed by atoms with E-state index in [2.05, 4.69) is 22.4 Å². The lowest BCUT2D eigenvalue weighted by atomic mass is 9.87. The molecule has 1 aliphatic carbocycles. The van der Waals surface area contributed by atoms with Gasteiger partial charge in [0.05, 0.1) is 0 Å². The van der Waals surface area contributed by atoms with E-state index in [1.54, 1.807) is 6.33 Å². The van der Waals surface area contributed by atoms with Gasteiger partial charge in [0.2, 0.25) is 0 Å². The fourth-order valence-electron chi connectivity index (χ4n) is 3.87. The van der Waals surface area contributed by atoms with Crippen LogP contribution in [0.15, 0.2) is 6.33 Å². The Hall–Kier alpha value is -1.59. The van der Waals surface area contributed by atoms with Crippen LogP contribution in [-0.2, 0) is 7.05 Å². The summed E-state index contributed by atoms with van der Waals surface area (Å²) in [6.45, 7) is 3.88. The van der Waals surface area contributed by atoms with Crippen LogP contribution in [0.2, 0.25) is 0 Å². The summed E-state index contributed by atoms with van der Waals surface area (Å²) in [4.78, 5) is 14.5. The van der Waals surface area contributed by atoms with Crippen LogP contribution in [0, 0.1) is 5.92 Å². The number of hydrogen-bond donors (Lipinski definition) is 1. The van der Waals surface area contributed by atoms with Gasteiger partial charge in [-0.25, -0.2) is 4.79 Å². The average molecular weight is 305 g/mol. The van der Waals surface area contributed by atoms with Crippen LogP contribution in [0.4, 0.5) is 4.79 Å². The molecule has 2 heterocycles. The van der Waals surface area contributed by atoms with E-state index in [0.717, 1.165) is 50.5 Å². The number of carbonyl (C=O) groups excluding carboxylic acids is 1. The van der Waals surface area contributed by atoms with Crippen molar-refractivity contribution in [2.45, 2.75) is 57.4 Å². The predicted molar refractivity (Wildman–Crippen MR) is 84.5 cm³/mol. The Morgan fingerprint density at radius 2 is 2.18 bits per heavy atom. The van der Waals surface area contributed by atoms with Crippen molar-refractivity contribution in [1.29, 1.82) is 0 Å². The number of rotatable bonds is 2. The van der Waals surface area contributed by atoms with E-state index in [-0.39, 0.29) is 6.03 Å². The maximum absolute atomic E-state index is 12.5. The Labute approximate surface area is 132 Å². The molecule has 1 aromatic rings. The molecule has 2 fully saturated rings. The quantitative estimate of drug-likeness (QED) is 0.912. The Balaban J connectivity index is 1.57. The standard InChI is InChI=1S/C16H27N5O/c1-12-5-3-7-14(9-12)18-16(22)21-8-4-6-13(10-21)15-19-17-11-20(15)2/h11-14H,3-10H2,1-2H3,(H,18,22)/t12-,13+,14-/m1/s1. The number of carbonyl (C=O) groups is 1. The van der Waals surface area contributed by atoms with E-state index in [0.29, 0.717) is 12.0 Å². The average Bonchev–Trinajstić information content (AvgIpc) is 2.93. The number of nitrogens with one attached hydrogen (secondary N) is 1. The summed E-state index contributed by atoms with van der Waals surface area (Å²) in [5, 5.41) is 11.4. The summed E-state index contributed by atoms with van der Waals surface area (Å²) in [5.41, 5.74) is 0. The summed E-state index contributed by atoms with van der Waals surface area (Å²) >= 11 is 0. The summed E-state index contributed by atoms with van der Waals surface area (Å²) in [5.74, 6) is 2.02. The Morgan fingerprint density at radius 3 is 2.91 bits per heavy atom. The summed E-state index contributed by atoms with van der Waals surface area (Å²) < 4.78 is 1.97. The van der Waals surface area contributed by atoms with Gasteiger partial charge >= 0.3 is 6.03 Å². The van der Waals surface area contributed by atoms with Crippen LogP contribution in [0.3, 0.4) is 0 Å². The molecule has 6 nitrogen and oxygen atoms in total. The predicted octanol–water partition coefficient (Wildman–Crippen LogP) is 2.28. The maximum Gasteiger partial charge on any atom is 0.317 e. The zero-order valence-electron chi connectivity index (χ0n) is 13.7. The largest absolute Gasteiger partial charge is 0.335 e. The zero-order valence-corrected chi connectivity index (χ0v) is 13.7. The highest BCUT2D eigenvalue weighted by Gasteiger charge is 2.29. The normalized spacial score (nSPS) is 29.4. The first-order chi connectivity index (χ1) is 10.6. The SMILES string of the molecule is C[C@@H]1CCC[C@@H](NC(=O)N2CCC[C@H](c3nncn3C)C2)C1. The fourth-order valence-corrected chi connectivity index (χ4v) is 3.87. The molecule has 1 aromatic heterocycles. The van der Waals surface area contributed by atoms with Crippen molar-refractivity contribution >= 4 is 6.03 Å². The molecule has 0 unspecified atom stereocenters. The van der Waals surface area contributed by atoms with Crippen molar-refractivity contribution in [1.82, 2.24) is 25.0 Å². The van der Waals surface area contributed by atoms with Crippen molar-refractivity contribution in [2.24, 2.45) is 13.0 Å². The molecule has 3 rings (SSSR count). The molecule has 0 bridgehead atoms. The minimum atomic E-state index is 0.103. The second-order valence-corrected chi connectivity index (χ2v) is 7.00. The van der Waals surface area contributed by atoms with E-state index in [4.69, 9.17) is 0 Å². The highest BCUT2D eigenvalue weighted by Crippen LogP contribution is 2.26. The molecule has 6 heteroatoms. The molecule has 2 amide bonds. The Kier molecular flexibility index (Phi) is 4.64. The molecule has 122 valence electrons. The van der Waals surface area contributed by atoms with Crippen LogP contribution in [0.1, 0.15) is 57.2 Å². The first-order valence-corrected chi connectivity index (χ1v) is 8.53. The van der Waals surface area contributed by atoms with Crippen molar-refractivity contribution in [2.75, 3.05) is 13.1 Å². The van der Waals surface area contributed by atoms with E-state index in [9.17, 15) is 4.79 Å². The van der Waals surface area contributed by atoms with Crippen molar-refractivity contribution in [3.63, 3.8) is 0 Å². The summed E-state index contributed by atoms with van der Waals surface area (Å²) in [7, 11) is 1.97. The van der Waals surface area contributed by atoms with Gasteiger partial charge in [0.25, 0.3) is 0 Å². The molecule has 2 aliphatic rings. The molecular formula is C16H27N5O. The van der Waals surface area contributed by atoms with Gasteiger partial charge in [0.15, 0.2) is 0 Å². The fraction of sp³-hybridized carbons (Fsp3) is 0.812. The first-order valence-electron chi connectivity index (χ1n) is 8.53. The van der Waals surface area contributed by atoms with Gasteiger partial charge in [-0.05, 0) is 31.6 Å². The second-order valence-electron chi connectivity index (χ2n) is 7.00. The number of piperidine rings is 1. The molecule has 1 saturated heterocycles. The van der Waals surface area contributed by atoms with Crippen LogP contribution < -0.4 is 5.32 Å². The number of aryl methyl sites for hydroxylation is 1. The van der Waals surface area contributed by atoms with Gasteiger partial charge < -0.3 is 14.8 Å². The Morgan fingerprint density at radius 1 is 1.32 bits per heavy atom. The topological polar surface area (TPSA) is 63.1 Å². The van der Waals surface area contributed by atoms with E-state index < -0.39 is 0 Å². The third-order valence-corrected chi connectivity index (χ3v) is 5.08. The first kappa shape index (κ1) is 15.3. The number of urea groups is 1. The van der Waals surface area contributed by atoms with Crippen LogP contribution in [-0.4, -0.2) is 44.8 Å². The molecule has 1 saturated carbocycles. The van der Waals surface area contributed by atoms with E-state index in [1.807, 2.05) is 16.5 Å². The number of likely N-dealkylation sites (tertiary alicyclic amines) is 1. The van der Waals surface area contributed by atoms with Gasteiger partial charge in [-0.15, -0.1) is 10.2 Å². The van der Waals surface area contributed by atoms with Gasteiger partial charge in [0.1, 0.15) is 12.2 Å². The third-order valence-electron chi connectivity index (χ3n) is 5.08. The lowest BCUT2D eigenvalue weighted by molar-refractivity contribution is 0.168. The summed E-state index contributed by atoms with van der Waals surface area (Å²) in [6, 6.07) is 0.456. The van der Waals surface area contributed by atoms with Crippen LogP contribution in [0.5, 0.6) is 0 Å². The van der Waals surface area contributed by atoms with Gasteiger partial charge in [-0.2, -0.15) is 0 Å². The molecule has 0 radical (unpaired) electrons. The monoisotopic (exact) mass is 305 g/mol.